The largest absolute Gasteiger partial charge is 0.490 e. The topological polar surface area (TPSA) is 155 Å². The quantitative estimate of drug-likeness (QED) is 0.344. The zero-order valence-electron chi connectivity index (χ0n) is 21.4. The SMILES string of the molecule is C/C=C(\C)CN1CCC(n2cc(CN3CCC[C@H]3C(N)=O)nn2)CC1.O=C(O)C(F)(F)F.O=C(O)C(F)(F)F. The molecule has 39 heavy (non-hydrogen) atoms. The maximum absolute atomic E-state index is 11.5. The number of carboxylic acids is 2. The van der Waals surface area contributed by atoms with Crippen LogP contribution in [0.4, 0.5) is 26.3 Å². The van der Waals surface area contributed by atoms with Crippen LogP contribution < -0.4 is 5.73 Å². The molecule has 2 aliphatic heterocycles. The normalized spacial score (nSPS) is 19.5. The number of carbonyl (C=O) groups is 3. The van der Waals surface area contributed by atoms with Crippen LogP contribution in [0.5, 0.6) is 0 Å². The van der Waals surface area contributed by atoms with Crippen LogP contribution in [0.15, 0.2) is 17.8 Å². The molecular weight excluding hydrogens is 542 g/mol. The molecule has 1 aromatic rings. The number of carbonyl (C=O) groups excluding carboxylic acids is 1. The van der Waals surface area contributed by atoms with E-state index in [2.05, 4.69) is 40.0 Å². The number of allylic oxidation sites excluding steroid dienone is 1. The summed E-state index contributed by atoms with van der Waals surface area (Å²) in [6.45, 7) is 9.11. The first-order chi connectivity index (χ1) is 17.9. The Kier molecular flexibility index (Phi) is 12.8. The van der Waals surface area contributed by atoms with E-state index in [0.29, 0.717) is 12.6 Å². The van der Waals surface area contributed by atoms with Crippen molar-refractivity contribution in [2.75, 3.05) is 26.2 Å². The number of piperidine rings is 1. The summed E-state index contributed by atoms with van der Waals surface area (Å²) < 4.78 is 65.5. The van der Waals surface area contributed by atoms with Gasteiger partial charge in [0.15, 0.2) is 0 Å². The number of halogens is 6. The summed E-state index contributed by atoms with van der Waals surface area (Å²) in [7, 11) is 0. The van der Waals surface area contributed by atoms with Crippen molar-refractivity contribution >= 4 is 17.8 Å². The number of aromatic nitrogens is 3. The average molecular weight is 575 g/mol. The van der Waals surface area contributed by atoms with E-state index in [1.165, 1.54) is 5.57 Å². The van der Waals surface area contributed by atoms with Gasteiger partial charge in [0.2, 0.25) is 5.91 Å². The Hall–Kier alpha value is -3.21. The number of hydrogen-bond acceptors (Lipinski definition) is 7. The second kappa shape index (κ2) is 14.8. The van der Waals surface area contributed by atoms with Gasteiger partial charge >= 0.3 is 24.3 Å². The monoisotopic (exact) mass is 574 g/mol. The number of hydrogen-bond donors (Lipinski definition) is 3. The van der Waals surface area contributed by atoms with Gasteiger partial charge in [0.05, 0.1) is 24.0 Å². The van der Waals surface area contributed by atoms with Gasteiger partial charge in [-0.15, -0.1) is 5.10 Å². The zero-order chi connectivity index (χ0) is 30.0. The second-order valence-corrected chi connectivity index (χ2v) is 8.97. The highest BCUT2D eigenvalue weighted by Crippen LogP contribution is 2.24. The van der Waals surface area contributed by atoms with E-state index in [-0.39, 0.29) is 11.9 Å². The molecule has 2 fully saturated rings. The first-order valence-corrected chi connectivity index (χ1v) is 11.8. The molecule has 3 rings (SSSR count). The van der Waals surface area contributed by atoms with Crippen LogP contribution in [0.2, 0.25) is 0 Å². The fourth-order valence-electron chi connectivity index (χ4n) is 3.90. The predicted molar refractivity (Wildman–Crippen MR) is 124 cm³/mol. The van der Waals surface area contributed by atoms with Crippen molar-refractivity contribution in [3.05, 3.63) is 23.5 Å². The molecule has 0 aromatic carbocycles. The lowest BCUT2D eigenvalue weighted by molar-refractivity contribution is -0.193. The lowest BCUT2D eigenvalue weighted by atomic mass is 10.0. The van der Waals surface area contributed by atoms with E-state index in [0.717, 1.165) is 57.6 Å². The molecule has 2 saturated heterocycles. The first-order valence-electron chi connectivity index (χ1n) is 11.8. The van der Waals surface area contributed by atoms with Crippen molar-refractivity contribution in [3.8, 4) is 0 Å². The van der Waals surface area contributed by atoms with Crippen molar-refractivity contribution < 1.29 is 50.9 Å². The number of nitrogens with two attached hydrogens (primary N) is 1. The van der Waals surface area contributed by atoms with Gasteiger partial charge in [-0.25, -0.2) is 14.3 Å². The number of aliphatic carboxylic acids is 2. The number of nitrogens with zero attached hydrogens (tertiary/aromatic N) is 5. The van der Waals surface area contributed by atoms with E-state index in [9.17, 15) is 31.1 Å². The van der Waals surface area contributed by atoms with Crippen LogP contribution in [-0.4, -0.2) is 97.4 Å². The van der Waals surface area contributed by atoms with Crippen molar-refractivity contribution in [1.29, 1.82) is 0 Å². The van der Waals surface area contributed by atoms with Gasteiger partial charge < -0.3 is 15.9 Å². The van der Waals surface area contributed by atoms with Gasteiger partial charge in [-0.3, -0.25) is 14.6 Å². The van der Waals surface area contributed by atoms with Gasteiger partial charge in [0.1, 0.15) is 0 Å². The van der Waals surface area contributed by atoms with E-state index < -0.39 is 24.3 Å². The number of likely N-dealkylation sites (tertiary alicyclic amines) is 2. The molecule has 3 heterocycles. The maximum atomic E-state index is 11.5. The molecule has 0 unspecified atom stereocenters. The number of alkyl halides is 6. The molecule has 4 N–H and O–H groups in total. The van der Waals surface area contributed by atoms with Crippen molar-refractivity contribution in [3.63, 3.8) is 0 Å². The Morgan fingerprint density at radius 3 is 1.97 bits per heavy atom. The lowest BCUT2D eigenvalue weighted by Crippen LogP contribution is -2.39. The highest BCUT2D eigenvalue weighted by Gasteiger charge is 2.39. The predicted octanol–water partition coefficient (Wildman–Crippen LogP) is 2.60. The van der Waals surface area contributed by atoms with E-state index in [4.69, 9.17) is 25.5 Å². The van der Waals surface area contributed by atoms with Gasteiger partial charge in [0.25, 0.3) is 0 Å². The van der Waals surface area contributed by atoms with Crippen LogP contribution in [0.1, 0.15) is 51.3 Å². The van der Waals surface area contributed by atoms with Crippen molar-refractivity contribution in [2.45, 2.75) is 70.5 Å². The minimum Gasteiger partial charge on any atom is -0.475 e. The first kappa shape index (κ1) is 33.8. The Morgan fingerprint density at radius 2 is 1.54 bits per heavy atom. The summed E-state index contributed by atoms with van der Waals surface area (Å²) in [4.78, 5) is 33.9. The van der Waals surface area contributed by atoms with Gasteiger partial charge in [-0.05, 0) is 46.1 Å². The summed E-state index contributed by atoms with van der Waals surface area (Å²) in [6.07, 6.45) is -1.85. The number of carboxylic acid groups (broad SMARTS) is 2. The molecular formula is C22H32F6N6O5. The number of primary amides is 1. The summed E-state index contributed by atoms with van der Waals surface area (Å²) in [5.74, 6) is -5.74. The summed E-state index contributed by atoms with van der Waals surface area (Å²) in [5, 5.41) is 22.9. The summed E-state index contributed by atoms with van der Waals surface area (Å²) >= 11 is 0. The fraction of sp³-hybridized carbons (Fsp3) is 0.682. The van der Waals surface area contributed by atoms with Crippen LogP contribution in [0, 0.1) is 0 Å². The van der Waals surface area contributed by atoms with Crippen molar-refractivity contribution in [1.82, 2.24) is 24.8 Å². The molecule has 0 bridgehead atoms. The van der Waals surface area contributed by atoms with Gasteiger partial charge in [-0.1, -0.05) is 16.9 Å². The smallest absolute Gasteiger partial charge is 0.475 e. The Balaban J connectivity index is 0.000000449. The van der Waals surface area contributed by atoms with Crippen LogP contribution in [0.25, 0.3) is 0 Å². The van der Waals surface area contributed by atoms with Crippen LogP contribution in [-0.2, 0) is 20.9 Å². The Bertz CT molecular complexity index is 965. The molecule has 1 atom stereocenters. The molecule has 0 spiro atoms. The average Bonchev–Trinajstić information content (AvgIpc) is 3.49. The molecule has 1 amide bonds. The summed E-state index contributed by atoms with van der Waals surface area (Å²) in [6, 6.07) is 0.275. The third kappa shape index (κ3) is 12.0. The third-order valence-electron chi connectivity index (χ3n) is 6.00. The number of amides is 1. The zero-order valence-corrected chi connectivity index (χ0v) is 21.4. The molecule has 17 heteroatoms. The molecule has 1 aromatic heterocycles. The minimum atomic E-state index is -5.08. The number of rotatable bonds is 6. The highest BCUT2D eigenvalue weighted by molar-refractivity contribution is 5.80. The maximum Gasteiger partial charge on any atom is 0.490 e. The Labute approximate surface area is 220 Å². The van der Waals surface area contributed by atoms with E-state index in [1.54, 1.807) is 0 Å². The van der Waals surface area contributed by atoms with Crippen molar-refractivity contribution in [2.24, 2.45) is 5.73 Å². The Morgan fingerprint density at radius 1 is 1.03 bits per heavy atom. The summed E-state index contributed by atoms with van der Waals surface area (Å²) in [5.41, 5.74) is 7.85. The molecule has 0 aliphatic carbocycles. The molecule has 2 aliphatic rings. The molecule has 0 saturated carbocycles. The van der Waals surface area contributed by atoms with Gasteiger partial charge in [0, 0.05) is 26.2 Å². The molecule has 11 nitrogen and oxygen atoms in total. The third-order valence-corrected chi connectivity index (χ3v) is 6.00. The standard InChI is InChI=1S/C18H30N6O.2C2HF3O2/c1-3-14(2)11-22-9-6-16(7-10-22)24-13-15(20-21-24)12-23-8-4-5-17(23)18(19)25;2*3-2(4,5)1(6)7/h3,13,16-17H,4-12H2,1-2H3,(H2,19,25);2*(H,6,7)/b14-3+;;/t17-;;/m0../s1. The van der Waals surface area contributed by atoms with Crippen LogP contribution >= 0.6 is 0 Å². The fourth-order valence-corrected chi connectivity index (χ4v) is 3.90. The second-order valence-electron chi connectivity index (χ2n) is 8.97. The van der Waals surface area contributed by atoms with E-state index in [1.807, 2.05) is 10.9 Å². The minimum absolute atomic E-state index is 0.150. The molecule has 222 valence electrons. The van der Waals surface area contributed by atoms with Gasteiger partial charge in [-0.2, -0.15) is 26.3 Å². The van der Waals surface area contributed by atoms with Crippen LogP contribution in [0.3, 0.4) is 0 Å². The van der Waals surface area contributed by atoms with E-state index >= 15 is 0 Å². The highest BCUT2D eigenvalue weighted by atomic mass is 19.4. The lowest BCUT2D eigenvalue weighted by Gasteiger charge is -2.31. The molecule has 0 radical (unpaired) electrons.